The van der Waals surface area contributed by atoms with Gasteiger partial charge in [0.25, 0.3) is 5.91 Å². The highest BCUT2D eigenvalue weighted by atomic mass is 32.1. The molecule has 0 bridgehead atoms. The number of carbonyl (C=O) groups is 2. The molecular weight excluding hydrogens is 448 g/mol. The standard InChI is InChI=1S/C27H22N2O4S/c1-17-26(30)29(15-18-7-6-10-21(13-18)27(31)32-2)23-14-20(11-12-24(23)33-17)22-16-34-25(28-22)19-8-4-3-5-9-19/h3-14,16-17H,15H2,1-2H3. The maximum atomic E-state index is 13.1. The lowest BCUT2D eigenvalue weighted by molar-refractivity contribution is -0.125. The second kappa shape index (κ2) is 9.11. The highest BCUT2D eigenvalue weighted by Crippen LogP contribution is 2.39. The summed E-state index contributed by atoms with van der Waals surface area (Å²) in [6, 6.07) is 22.9. The van der Waals surface area contributed by atoms with Crippen LogP contribution in [0.25, 0.3) is 21.8 Å². The number of ether oxygens (including phenoxy) is 2. The molecular formula is C27H22N2O4S. The second-order valence-corrected chi connectivity index (χ2v) is 8.82. The zero-order chi connectivity index (χ0) is 23.7. The molecule has 0 fully saturated rings. The van der Waals surface area contributed by atoms with Crippen molar-refractivity contribution in [2.75, 3.05) is 12.0 Å². The lowest BCUT2D eigenvalue weighted by atomic mass is 10.1. The van der Waals surface area contributed by atoms with E-state index in [4.69, 9.17) is 14.5 Å². The van der Waals surface area contributed by atoms with E-state index in [2.05, 4.69) is 0 Å². The molecule has 0 aliphatic carbocycles. The van der Waals surface area contributed by atoms with E-state index < -0.39 is 12.1 Å². The Morgan fingerprint density at radius 3 is 2.68 bits per heavy atom. The summed E-state index contributed by atoms with van der Waals surface area (Å²) in [6.45, 7) is 2.05. The number of carbonyl (C=O) groups excluding carboxylic acids is 2. The summed E-state index contributed by atoms with van der Waals surface area (Å²) < 4.78 is 10.7. The summed E-state index contributed by atoms with van der Waals surface area (Å²) in [6.07, 6.45) is -0.605. The Balaban J connectivity index is 1.49. The predicted octanol–water partition coefficient (Wildman–Crippen LogP) is 5.58. The quantitative estimate of drug-likeness (QED) is 0.356. The van der Waals surface area contributed by atoms with Crippen LogP contribution in [0.2, 0.25) is 0 Å². The molecule has 1 atom stereocenters. The van der Waals surface area contributed by atoms with Crippen LogP contribution in [0.5, 0.6) is 5.75 Å². The van der Waals surface area contributed by atoms with E-state index in [0.717, 1.165) is 27.4 Å². The average Bonchev–Trinajstić information content (AvgIpc) is 3.37. The zero-order valence-electron chi connectivity index (χ0n) is 18.7. The van der Waals surface area contributed by atoms with Crippen molar-refractivity contribution < 1.29 is 19.1 Å². The Morgan fingerprint density at radius 2 is 1.88 bits per heavy atom. The number of methoxy groups -OCH3 is 1. The monoisotopic (exact) mass is 470 g/mol. The van der Waals surface area contributed by atoms with Gasteiger partial charge in [-0.3, -0.25) is 4.79 Å². The molecule has 0 saturated heterocycles. The maximum absolute atomic E-state index is 13.1. The van der Waals surface area contributed by atoms with Crippen LogP contribution in [0.15, 0.2) is 78.2 Å². The van der Waals surface area contributed by atoms with Gasteiger partial charge in [-0.2, -0.15) is 0 Å². The van der Waals surface area contributed by atoms with E-state index >= 15 is 0 Å². The van der Waals surface area contributed by atoms with Gasteiger partial charge in [0, 0.05) is 16.5 Å². The number of fused-ring (bicyclic) bond motifs is 1. The largest absolute Gasteiger partial charge is 0.479 e. The van der Waals surface area contributed by atoms with Gasteiger partial charge >= 0.3 is 5.97 Å². The van der Waals surface area contributed by atoms with Gasteiger partial charge in [-0.25, -0.2) is 9.78 Å². The Kier molecular flexibility index (Phi) is 5.86. The number of esters is 1. The topological polar surface area (TPSA) is 68.7 Å². The molecule has 34 heavy (non-hydrogen) atoms. The fourth-order valence-corrected chi connectivity index (χ4v) is 4.78. The van der Waals surface area contributed by atoms with Gasteiger partial charge in [-0.1, -0.05) is 42.5 Å². The van der Waals surface area contributed by atoms with Gasteiger partial charge in [0.15, 0.2) is 6.10 Å². The number of nitrogens with zero attached hydrogens (tertiary/aromatic N) is 2. The minimum atomic E-state index is -0.605. The zero-order valence-corrected chi connectivity index (χ0v) is 19.5. The van der Waals surface area contributed by atoms with Gasteiger partial charge in [-0.15, -0.1) is 11.3 Å². The molecule has 170 valence electrons. The van der Waals surface area contributed by atoms with Gasteiger partial charge in [0.2, 0.25) is 0 Å². The third-order valence-corrected chi connectivity index (χ3v) is 6.57. The normalized spacial score (nSPS) is 14.9. The Hall–Kier alpha value is -3.97. The third kappa shape index (κ3) is 4.18. The van der Waals surface area contributed by atoms with Crippen LogP contribution in [0, 0.1) is 0 Å². The Morgan fingerprint density at radius 1 is 1.06 bits per heavy atom. The first-order chi connectivity index (χ1) is 16.5. The van der Waals surface area contributed by atoms with Crippen molar-refractivity contribution in [2.45, 2.75) is 19.6 Å². The highest BCUT2D eigenvalue weighted by molar-refractivity contribution is 7.13. The molecule has 1 unspecified atom stereocenters. The molecule has 0 radical (unpaired) electrons. The first-order valence-electron chi connectivity index (χ1n) is 10.8. The number of aromatic nitrogens is 1. The van der Waals surface area contributed by atoms with Crippen LogP contribution in [-0.2, 0) is 16.1 Å². The van der Waals surface area contributed by atoms with E-state index in [1.807, 2.05) is 60.0 Å². The van der Waals surface area contributed by atoms with Gasteiger partial charge in [0.1, 0.15) is 10.8 Å². The Bertz CT molecular complexity index is 1370. The van der Waals surface area contributed by atoms with Crippen molar-refractivity contribution in [1.82, 2.24) is 4.98 Å². The molecule has 5 rings (SSSR count). The van der Waals surface area contributed by atoms with Crippen molar-refractivity contribution in [3.8, 4) is 27.6 Å². The van der Waals surface area contributed by atoms with E-state index in [1.165, 1.54) is 7.11 Å². The van der Waals surface area contributed by atoms with E-state index in [0.29, 0.717) is 23.5 Å². The molecule has 1 aromatic heterocycles. The molecule has 7 heteroatoms. The van der Waals surface area contributed by atoms with Crippen molar-refractivity contribution in [3.05, 3.63) is 89.3 Å². The van der Waals surface area contributed by atoms with E-state index in [-0.39, 0.29) is 5.91 Å². The van der Waals surface area contributed by atoms with Gasteiger partial charge in [-0.05, 0) is 42.8 Å². The van der Waals surface area contributed by atoms with Crippen LogP contribution in [-0.4, -0.2) is 30.1 Å². The first kappa shape index (κ1) is 21.9. The van der Waals surface area contributed by atoms with Crippen LogP contribution in [0.4, 0.5) is 5.69 Å². The summed E-state index contributed by atoms with van der Waals surface area (Å²) in [5.74, 6) is 0.0822. The van der Waals surface area contributed by atoms with Crippen molar-refractivity contribution in [3.63, 3.8) is 0 Å². The number of rotatable bonds is 5. The van der Waals surface area contributed by atoms with Crippen molar-refractivity contribution in [1.29, 1.82) is 0 Å². The third-order valence-electron chi connectivity index (χ3n) is 5.68. The van der Waals surface area contributed by atoms with Gasteiger partial charge < -0.3 is 14.4 Å². The Labute approximate surface area is 201 Å². The smallest absolute Gasteiger partial charge is 0.337 e. The van der Waals surface area contributed by atoms with E-state index in [1.54, 1.807) is 41.4 Å². The van der Waals surface area contributed by atoms with Crippen LogP contribution in [0.1, 0.15) is 22.8 Å². The molecule has 1 amide bonds. The number of anilines is 1. The van der Waals surface area contributed by atoms with Crippen molar-refractivity contribution >= 4 is 28.9 Å². The molecule has 0 N–H and O–H groups in total. The second-order valence-electron chi connectivity index (χ2n) is 7.96. The fourth-order valence-electron chi connectivity index (χ4n) is 3.95. The van der Waals surface area contributed by atoms with Gasteiger partial charge in [0.05, 0.1) is 30.6 Å². The lowest BCUT2D eigenvalue weighted by Gasteiger charge is -2.33. The number of benzene rings is 3. The van der Waals surface area contributed by atoms with E-state index in [9.17, 15) is 9.59 Å². The summed E-state index contributed by atoms with van der Waals surface area (Å²) in [7, 11) is 1.35. The number of amides is 1. The molecule has 3 aromatic carbocycles. The first-order valence-corrected chi connectivity index (χ1v) is 11.7. The molecule has 1 aliphatic heterocycles. The summed E-state index contributed by atoms with van der Waals surface area (Å²) in [5, 5.41) is 2.95. The SMILES string of the molecule is COC(=O)c1cccc(CN2C(=O)C(C)Oc3ccc(-c4csc(-c5ccccc5)n4)cc32)c1. The van der Waals surface area contributed by atoms with Crippen LogP contribution in [0.3, 0.4) is 0 Å². The highest BCUT2D eigenvalue weighted by Gasteiger charge is 2.32. The molecule has 4 aromatic rings. The minimum absolute atomic E-state index is 0.142. The predicted molar refractivity (Wildman–Crippen MR) is 132 cm³/mol. The number of hydrogen-bond acceptors (Lipinski definition) is 6. The molecule has 0 saturated carbocycles. The fraction of sp³-hybridized carbons (Fsp3) is 0.148. The maximum Gasteiger partial charge on any atom is 0.337 e. The minimum Gasteiger partial charge on any atom is -0.479 e. The lowest BCUT2D eigenvalue weighted by Crippen LogP contribution is -2.44. The molecule has 0 spiro atoms. The van der Waals surface area contributed by atoms with Crippen molar-refractivity contribution in [2.24, 2.45) is 0 Å². The summed E-state index contributed by atoms with van der Waals surface area (Å²) in [5.41, 5.74) is 4.75. The summed E-state index contributed by atoms with van der Waals surface area (Å²) in [4.78, 5) is 31.6. The number of thiazole rings is 1. The molecule has 1 aliphatic rings. The summed E-state index contributed by atoms with van der Waals surface area (Å²) >= 11 is 1.58. The molecule has 6 nitrogen and oxygen atoms in total. The number of hydrogen-bond donors (Lipinski definition) is 0. The average molecular weight is 471 g/mol. The van der Waals surface area contributed by atoms with Crippen LogP contribution < -0.4 is 9.64 Å². The molecule has 2 heterocycles. The van der Waals surface area contributed by atoms with Crippen LogP contribution >= 0.6 is 11.3 Å².